The molecule has 6 heteroatoms. The third-order valence-electron chi connectivity index (χ3n) is 3.86. The quantitative estimate of drug-likeness (QED) is 0.596. The molecule has 1 amide bonds. The van der Waals surface area contributed by atoms with Crippen LogP contribution in [0.2, 0.25) is 0 Å². The number of carbonyl (C=O) groups excluding carboxylic acids is 1. The number of amides is 1. The van der Waals surface area contributed by atoms with Crippen molar-refractivity contribution in [2.45, 2.75) is 18.2 Å². The summed E-state index contributed by atoms with van der Waals surface area (Å²) in [6.45, 7) is 4.01. The molecule has 0 aliphatic rings. The molecule has 0 saturated carbocycles. The monoisotopic (exact) mass is 384 g/mol. The van der Waals surface area contributed by atoms with Crippen LogP contribution in [0, 0.1) is 13.8 Å². The molecule has 0 saturated heterocycles. The van der Waals surface area contributed by atoms with Gasteiger partial charge in [-0.1, -0.05) is 41.6 Å². The molecule has 1 heterocycles. The molecule has 3 aromatic rings. The van der Waals surface area contributed by atoms with Crippen LogP contribution in [0.4, 0.5) is 5.69 Å². The fourth-order valence-electron chi connectivity index (χ4n) is 2.40. The van der Waals surface area contributed by atoms with Crippen LogP contribution >= 0.6 is 23.1 Å². The number of thioether (sulfide) groups is 1. The Morgan fingerprint density at radius 1 is 1.19 bits per heavy atom. The lowest BCUT2D eigenvalue weighted by molar-refractivity contribution is -0.113. The molecule has 1 aromatic heterocycles. The van der Waals surface area contributed by atoms with Crippen LogP contribution in [0.1, 0.15) is 11.1 Å². The second kappa shape index (κ2) is 8.38. The van der Waals surface area contributed by atoms with E-state index in [2.05, 4.69) is 41.5 Å². The zero-order valence-electron chi connectivity index (χ0n) is 14.9. The molecule has 26 heavy (non-hydrogen) atoms. The van der Waals surface area contributed by atoms with Gasteiger partial charge in [0.05, 0.1) is 18.6 Å². The van der Waals surface area contributed by atoms with Crippen molar-refractivity contribution in [2.24, 2.45) is 0 Å². The molecule has 0 spiro atoms. The average Bonchev–Trinajstić information content (AvgIpc) is 3.11. The summed E-state index contributed by atoms with van der Waals surface area (Å²) in [6.07, 6.45) is 0. The predicted octanol–water partition coefficient (Wildman–Crippen LogP) is 5.17. The number of thiazole rings is 1. The summed E-state index contributed by atoms with van der Waals surface area (Å²) in [5, 5.41) is 4.96. The molecule has 134 valence electrons. The SMILES string of the molecule is COc1ccc(NC(=O)CSc2nc(-c3ccc(C)cc3)cs2)c(C)c1. The summed E-state index contributed by atoms with van der Waals surface area (Å²) in [6, 6.07) is 13.9. The highest BCUT2D eigenvalue weighted by atomic mass is 32.2. The van der Waals surface area contributed by atoms with Crippen molar-refractivity contribution >= 4 is 34.7 Å². The first kappa shape index (κ1) is 18.5. The fraction of sp³-hybridized carbons (Fsp3) is 0.200. The smallest absolute Gasteiger partial charge is 0.234 e. The van der Waals surface area contributed by atoms with Gasteiger partial charge >= 0.3 is 0 Å². The van der Waals surface area contributed by atoms with Crippen LogP contribution in [0.25, 0.3) is 11.3 Å². The minimum absolute atomic E-state index is 0.0460. The van der Waals surface area contributed by atoms with Crippen LogP contribution in [0.15, 0.2) is 52.2 Å². The maximum Gasteiger partial charge on any atom is 0.234 e. The first-order valence-electron chi connectivity index (χ1n) is 8.15. The molecule has 0 aliphatic carbocycles. The van der Waals surface area contributed by atoms with Gasteiger partial charge in [-0.25, -0.2) is 4.98 Å². The molecule has 0 unspecified atom stereocenters. The maximum atomic E-state index is 12.2. The highest BCUT2D eigenvalue weighted by Gasteiger charge is 2.10. The Morgan fingerprint density at radius 3 is 2.65 bits per heavy atom. The highest BCUT2D eigenvalue weighted by Crippen LogP contribution is 2.29. The molecule has 0 fully saturated rings. The zero-order valence-corrected chi connectivity index (χ0v) is 16.5. The van der Waals surface area contributed by atoms with Crippen molar-refractivity contribution in [3.05, 3.63) is 59.0 Å². The van der Waals surface area contributed by atoms with Crippen LogP contribution in [-0.4, -0.2) is 23.8 Å². The normalized spacial score (nSPS) is 10.6. The Hall–Kier alpha value is -2.31. The average molecular weight is 385 g/mol. The minimum Gasteiger partial charge on any atom is -0.497 e. The van der Waals surface area contributed by atoms with Gasteiger partial charge in [-0.15, -0.1) is 11.3 Å². The van der Waals surface area contributed by atoms with Crippen molar-refractivity contribution < 1.29 is 9.53 Å². The highest BCUT2D eigenvalue weighted by molar-refractivity contribution is 8.01. The van der Waals surface area contributed by atoms with E-state index in [1.54, 1.807) is 18.4 Å². The number of hydrogen-bond acceptors (Lipinski definition) is 5. The number of aryl methyl sites for hydroxylation is 2. The minimum atomic E-state index is -0.0460. The van der Waals surface area contributed by atoms with Crippen LogP contribution in [0.3, 0.4) is 0 Å². The van der Waals surface area contributed by atoms with Gasteiger partial charge in [0, 0.05) is 16.6 Å². The lowest BCUT2D eigenvalue weighted by Gasteiger charge is -2.09. The number of nitrogens with one attached hydrogen (secondary N) is 1. The van der Waals surface area contributed by atoms with Gasteiger partial charge in [0.2, 0.25) is 5.91 Å². The first-order chi connectivity index (χ1) is 12.5. The number of methoxy groups -OCH3 is 1. The summed E-state index contributed by atoms with van der Waals surface area (Å²) >= 11 is 3.01. The van der Waals surface area contributed by atoms with E-state index in [9.17, 15) is 4.79 Å². The second-order valence-electron chi connectivity index (χ2n) is 5.88. The molecule has 0 radical (unpaired) electrons. The third kappa shape index (κ3) is 4.65. The van der Waals surface area contributed by atoms with E-state index in [0.717, 1.165) is 32.6 Å². The second-order valence-corrected chi connectivity index (χ2v) is 7.96. The van der Waals surface area contributed by atoms with Crippen molar-refractivity contribution in [3.63, 3.8) is 0 Å². The van der Waals surface area contributed by atoms with E-state index in [1.165, 1.54) is 17.3 Å². The molecule has 1 N–H and O–H groups in total. The summed E-state index contributed by atoms with van der Waals surface area (Å²) < 4.78 is 6.07. The molecular weight excluding hydrogens is 364 g/mol. The van der Waals surface area contributed by atoms with Crippen LogP contribution in [-0.2, 0) is 4.79 Å². The van der Waals surface area contributed by atoms with Crippen molar-refractivity contribution in [3.8, 4) is 17.0 Å². The summed E-state index contributed by atoms with van der Waals surface area (Å²) in [5.74, 6) is 1.06. The molecule has 3 rings (SSSR count). The van der Waals surface area contributed by atoms with E-state index in [0.29, 0.717) is 5.75 Å². The zero-order chi connectivity index (χ0) is 18.5. The van der Waals surface area contributed by atoms with E-state index in [1.807, 2.05) is 30.5 Å². The Labute approximate surface area is 161 Å². The molecule has 0 aliphatic heterocycles. The number of aromatic nitrogens is 1. The Morgan fingerprint density at radius 2 is 1.96 bits per heavy atom. The van der Waals surface area contributed by atoms with Crippen molar-refractivity contribution in [1.29, 1.82) is 0 Å². The first-order valence-corrected chi connectivity index (χ1v) is 10.0. The van der Waals surface area contributed by atoms with Gasteiger partial charge < -0.3 is 10.1 Å². The molecule has 2 aromatic carbocycles. The van der Waals surface area contributed by atoms with Crippen LogP contribution < -0.4 is 10.1 Å². The largest absolute Gasteiger partial charge is 0.497 e. The summed E-state index contributed by atoms with van der Waals surface area (Å²) in [5.41, 5.74) is 5.04. The van der Waals surface area contributed by atoms with Gasteiger partial charge in [0.25, 0.3) is 0 Å². The number of rotatable bonds is 6. The molecule has 0 bridgehead atoms. The third-order valence-corrected chi connectivity index (χ3v) is 5.89. The molecule has 0 atom stereocenters. The maximum absolute atomic E-state index is 12.2. The van der Waals surface area contributed by atoms with Gasteiger partial charge in [0.15, 0.2) is 4.34 Å². The van der Waals surface area contributed by atoms with Crippen molar-refractivity contribution in [2.75, 3.05) is 18.2 Å². The number of ether oxygens (including phenoxy) is 1. The summed E-state index contributed by atoms with van der Waals surface area (Å²) in [7, 11) is 1.63. The Bertz CT molecular complexity index is 904. The molecular formula is C20H20N2O2S2. The predicted molar refractivity (Wildman–Crippen MR) is 109 cm³/mol. The Kier molecular flexibility index (Phi) is 5.96. The number of hydrogen-bond donors (Lipinski definition) is 1. The van der Waals surface area contributed by atoms with E-state index in [-0.39, 0.29) is 5.91 Å². The number of nitrogens with zero attached hydrogens (tertiary/aromatic N) is 1. The van der Waals surface area contributed by atoms with Gasteiger partial charge in [-0.05, 0) is 37.6 Å². The van der Waals surface area contributed by atoms with E-state index >= 15 is 0 Å². The van der Waals surface area contributed by atoms with Gasteiger partial charge in [-0.3, -0.25) is 4.79 Å². The van der Waals surface area contributed by atoms with E-state index in [4.69, 9.17) is 4.74 Å². The molecule has 4 nitrogen and oxygen atoms in total. The van der Waals surface area contributed by atoms with Crippen molar-refractivity contribution in [1.82, 2.24) is 4.98 Å². The summed E-state index contributed by atoms with van der Waals surface area (Å²) in [4.78, 5) is 16.8. The van der Waals surface area contributed by atoms with E-state index < -0.39 is 0 Å². The standard InChI is InChI=1S/C20H20N2O2S2/c1-13-4-6-15(7-5-13)18-11-25-20(22-18)26-12-19(23)21-17-9-8-16(24-3)10-14(17)2/h4-11H,12H2,1-3H3,(H,21,23). The topological polar surface area (TPSA) is 51.2 Å². The number of carbonyl (C=O) groups is 1. The lowest BCUT2D eigenvalue weighted by atomic mass is 10.1. The van der Waals surface area contributed by atoms with Gasteiger partial charge in [0.1, 0.15) is 5.75 Å². The fourth-order valence-corrected chi connectivity index (χ4v) is 4.03. The Balaban J connectivity index is 1.57. The lowest BCUT2D eigenvalue weighted by Crippen LogP contribution is -2.14. The number of benzene rings is 2. The van der Waals surface area contributed by atoms with Gasteiger partial charge in [-0.2, -0.15) is 0 Å². The number of anilines is 1. The van der Waals surface area contributed by atoms with Crippen LogP contribution in [0.5, 0.6) is 5.75 Å².